The SMILES string of the molecule is CCc1cc(C(F)(F)F)nn1-c1ccc(CNc2nc(Cl)ncc2[N+](=O)[O-])cc1. The summed E-state index contributed by atoms with van der Waals surface area (Å²) in [6, 6.07) is 7.60. The number of benzene rings is 1. The van der Waals surface area contributed by atoms with Gasteiger partial charge in [-0.25, -0.2) is 9.67 Å². The highest BCUT2D eigenvalue weighted by Gasteiger charge is 2.34. The van der Waals surface area contributed by atoms with E-state index in [1.54, 1.807) is 31.2 Å². The first kappa shape index (κ1) is 20.5. The first-order chi connectivity index (χ1) is 13.7. The molecule has 8 nitrogen and oxygen atoms in total. The van der Waals surface area contributed by atoms with Gasteiger partial charge in [0, 0.05) is 12.2 Å². The van der Waals surface area contributed by atoms with E-state index in [-0.39, 0.29) is 23.3 Å². The smallest absolute Gasteiger partial charge is 0.360 e. The van der Waals surface area contributed by atoms with Gasteiger partial charge in [-0.15, -0.1) is 0 Å². The van der Waals surface area contributed by atoms with Crippen LogP contribution in [0.5, 0.6) is 0 Å². The topological polar surface area (TPSA) is 98.8 Å². The first-order valence-electron chi connectivity index (χ1n) is 8.35. The number of aromatic nitrogens is 4. The lowest BCUT2D eigenvalue weighted by Gasteiger charge is -2.09. The molecule has 2 aromatic heterocycles. The van der Waals surface area contributed by atoms with Crippen molar-refractivity contribution in [2.75, 3.05) is 5.32 Å². The maximum absolute atomic E-state index is 12.9. The standard InChI is InChI=1S/C17H14ClF3N6O2/c1-2-11-7-14(17(19,20)21)25-26(11)12-5-3-10(4-6-12)8-22-15-13(27(28)29)9-23-16(18)24-15/h3-7,9H,2,8H2,1H3,(H,22,23,24). The predicted octanol–water partition coefficient (Wildman–Crippen LogP) is 4.42. The number of hydrogen-bond acceptors (Lipinski definition) is 6. The minimum absolute atomic E-state index is 0.0331. The molecular weight excluding hydrogens is 413 g/mol. The van der Waals surface area contributed by atoms with E-state index in [2.05, 4.69) is 20.4 Å². The molecule has 0 unspecified atom stereocenters. The molecule has 2 heterocycles. The third-order valence-electron chi connectivity index (χ3n) is 4.01. The molecular formula is C17H14ClF3N6O2. The van der Waals surface area contributed by atoms with Crippen molar-refractivity contribution in [2.24, 2.45) is 0 Å². The van der Waals surface area contributed by atoms with Crippen LogP contribution >= 0.6 is 11.6 Å². The van der Waals surface area contributed by atoms with Gasteiger partial charge < -0.3 is 5.32 Å². The number of alkyl halides is 3. The molecule has 0 bridgehead atoms. The van der Waals surface area contributed by atoms with Crippen LogP contribution < -0.4 is 5.32 Å². The molecule has 1 aromatic carbocycles. The lowest BCUT2D eigenvalue weighted by Crippen LogP contribution is -2.08. The minimum Gasteiger partial charge on any atom is -0.360 e. The van der Waals surface area contributed by atoms with E-state index in [9.17, 15) is 23.3 Å². The Labute approximate surface area is 167 Å². The molecule has 0 saturated heterocycles. The van der Waals surface area contributed by atoms with Gasteiger partial charge in [0.05, 0.1) is 10.6 Å². The zero-order chi connectivity index (χ0) is 21.2. The summed E-state index contributed by atoms with van der Waals surface area (Å²) < 4.78 is 40.0. The Morgan fingerprint density at radius 1 is 1.28 bits per heavy atom. The van der Waals surface area contributed by atoms with Gasteiger partial charge in [-0.1, -0.05) is 19.1 Å². The lowest BCUT2D eigenvalue weighted by atomic mass is 10.2. The maximum atomic E-state index is 12.9. The Morgan fingerprint density at radius 3 is 2.55 bits per heavy atom. The molecule has 152 valence electrons. The van der Waals surface area contributed by atoms with Crippen LogP contribution in [0.1, 0.15) is 23.9 Å². The Hall–Kier alpha value is -3.21. The van der Waals surface area contributed by atoms with E-state index in [0.717, 1.165) is 17.8 Å². The van der Waals surface area contributed by atoms with Crippen molar-refractivity contribution in [2.45, 2.75) is 26.1 Å². The molecule has 3 rings (SSSR count). The first-order valence-corrected chi connectivity index (χ1v) is 8.73. The van der Waals surface area contributed by atoms with Crippen LogP contribution in [0.2, 0.25) is 5.28 Å². The summed E-state index contributed by atoms with van der Waals surface area (Å²) in [5.41, 5.74) is 0.341. The van der Waals surface area contributed by atoms with Crippen molar-refractivity contribution in [3.63, 3.8) is 0 Å². The molecule has 1 N–H and O–H groups in total. The normalized spacial score (nSPS) is 11.5. The molecule has 0 spiro atoms. The number of halogens is 4. The van der Waals surface area contributed by atoms with Crippen LogP contribution in [-0.2, 0) is 19.1 Å². The molecule has 0 aliphatic heterocycles. The van der Waals surface area contributed by atoms with Gasteiger partial charge in [0.1, 0.15) is 6.20 Å². The summed E-state index contributed by atoms with van der Waals surface area (Å²) in [5, 5.41) is 17.4. The number of nitrogens with zero attached hydrogens (tertiary/aromatic N) is 5. The fourth-order valence-corrected chi connectivity index (χ4v) is 2.73. The van der Waals surface area contributed by atoms with E-state index in [0.29, 0.717) is 17.8 Å². The van der Waals surface area contributed by atoms with E-state index < -0.39 is 16.8 Å². The monoisotopic (exact) mass is 426 g/mol. The van der Waals surface area contributed by atoms with Gasteiger partial charge in [-0.05, 0) is 41.8 Å². The largest absolute Gasteiger partial charge is 0.435 e. The molecule has 0 saturated carbocycles. The summed E-state index contributed by atoms with van der Waals surface area (Å²) in [7, 11) is 0. The van der Waals surface area contributed by atoms with Gasteiger partial charge in [-0.3, -0.25) is 10.1 Å². The van der Waals surface area contributed by atoms with Crippen molar-refractivity contribution >= 4 is 23.1 Å². The number of aryl methyl sites for hydroxylation is 1. The highest BCUT2D eigenvalue weighted by atomic mass is 35.5. The quantitative estimate of drug-likeness (QED) is 0.356. The van der Waals surface area contributed by atoms with E-state index in [1.807, 2.05) is 0 Å². The molecule has 0 radical (unpaired) electrons. The number of rotatable bonds is 6. The highest BCUT2D eigenvalue weighted by molar-refractivity contribution is 6.28. The molecule has 29 heavy (non-hydrogen) atoms. The third kappa shape index (κ3) is 4.62. The predicted molar refractivity (Wildman–Crippen MR) is 99.0 cm³/mol. The van der Waals surface area contributed by atoms with Crippen molar-refractivity contribution in [1.82, 2.24) is 19.7 Å². The number of nitro groups is 1. The second-order valence-corrected chi connectivity index (χ2v) is 6.27. The van der Waals surface area contributed by atoms with Crippen LogP contribution in [0, 0.1) is 10.1 Å². The van der Waals surface area contributed by atoms with Crippen molar-refractivity contribution < 1.29 is 18.1 Å². The highest BCUT2D eigenvalue weighted by Crippen LogP contribution is 2.30. The molecule has 0 fully saturated rings. The van der Waals surface area contributed by atoms with E-state index in [4.69, 9.17) is 11.6 Å². The van der Waals surface area contributed by atoms with Gasteiger partial charge in [0.15, 0.2) is 5.69 Å². The van der Waals surface area contributed by atoms with Crippen LogP contribution in [0.25, 0.3) is 5.69 Å². The molecule has 0 amide bonds. The number of anilines is 1. The molecule has 0 aliphatic rings. The van der Waals surface area contributed by atoms with Gasteiger partial charge >= 0.3 is 11.9 Å². The van der Waals surface area contributed by atoms with Crippen molar-refractivity contribution in [1.29, 1.82) is 0 Å². The van der Waals surface area contributed by atoms with Crippen molar-refractivity contribution in [3.05, 3.63) is 68.9 Å². The van der Waals surface area contributed by atoms with Gasteiger partial charge in [-0.2, -0.15) is 23.3 Å². The Morgan fingerprint density at radius 2 is 1.97 bits per heavy atom. The lowest BCUT2D eigenvalue weighted by molar-refractivity contribution is -0.384. The summed E-state index contributed by atoms with van der Waals surface area (Å²) in [4.78, 5) is 17.8. The van der Waals surface area contributed by atoms with E-state index in [1.165, 1.54) is 4.68 Å². The number of hydrogen-bond donors (Lipinski definition) is 1. The average molecular weight is 427 g/mol. The third-order valence-corrected chi connectivity index (χ3v) is 4.20. The molecule has 0 aliphatic carbocycles. The van der Waals surface area contributed by atoms with Gasteiger partial charge in [0.25, 0.3) is 0 Å². The van der Waals surface area contributed by atoms with Crippen LogP contribution in [0.3, 0.4) is 0 Å². The van der Waals surface area contributed by atoms with Crippen LogP contribution in [-0.4, -0.2) is 24.7 Å². The summed E-state index contributed by atoms with van der Waals surface area (Å²) in [6.45, 7) is 1.92. The minimum atomic E-state index is -4.52. The fourth-order valence-electron chi connectivity index (χ4n) is 2.59. The van der Waals surface area contributed by atoms with E-state index >= 15 is 0 Å². The Balaban J connectivity index is 1.79. The average Bonchev–Trinajstić information content (AvgIpc) is 3.11. The molecule has 0 atom stereocenters. The molecule has 12 heteroatoms. The van der Waals surface area contributed by atoms with Gasteiger partial charge in [0.2, 0.25) is 11.1 Å². The maximum Gasteiger partial charge on any atom is 0.435 e. The molecule has 3 aromatic rings. The zero-order valence-electron chi connectivity index (χ0n) is 14.9. The van der Waals surface area contributed by atoms with Crippen LogP contribution in [0.4, 0.5) is 24.7 Å². The summed E-state index contributed by atoms with van der Waals surface area (Å²) in [6.07, 6.45) is -3.14. The van der Waals surface area contributed by atoms with Crippen molar-refractivity contribution in [3.8, 4) is 5.69 Å². The Kier molecular flexibility index (Phi) is 5.69. The van der Waals surface area contributed by atoms with Crippen LogP contribution in [0.15, 0.2) is 36.5 Å². The summed E-state index contributed by atoms with van der Waals surface area (Å²) in [5.74, 6) is -0.0331. The Bertz CT molecular complexity index is 1040. The zero-order valence-corrected chi connectivity index (χ0v) is 15.7. The second kappa shape index (κ2) is 8.03. The fraction of sp³-hybridized carbons (Fsp3) is 0.235. The second-order valence-electron chi connectivity index (χ2n) is 5.93. The summed E-state index contributed by atoms with van der Waals surface area (Å²) >= 11 is 5.68. The number of nitrogens with one attached hydrogen (secondary N) is 1.